The van der Waals surface area contributed by atoms with E-state index in [2.05, 4.69) is 0 Å². The van der Waals surface area contributed by atoms with Crippen molar-refractivity contribution in [3.05, 3.63) is 0 Å². The second kappa shape index (κ2) is 7.86. The van der Waals surface area contributed by atoms with E-state index in [0.717, 1.165) is 6.42 Å². The monoisotopic (exact) mass is 138 g/mol. The van der Waals surface area contributed by atoms with Crippen LogP contribution in [0.4, 0.5) is 8.78 Å². The van der Waals surface area contributed by atoms with Gasteiger partial charge in [-0.2, -0.15) is 0 Å². The molecular formula is C7H16F2. The van der Waals surface area contributed by atoms with E-state index < -0.39 is 6.17 Å². The molecule has 1 fully saturated rings. The normalized spacial score (nSPS) is 28.7. The van der Waals surface area contributed by atoms with Crippen LogP contribution >= 0.6 is 0 Å². The summed E-state index contributed by atoms with van der Waals surface area (Å²) in [4.78, 5) is 0. The Morgan fingerprint density at radius 1 is 1.22 bits per heavy atom. The van der Waals surface area contributed by atoms with Crippen LogP contribution in [0.25, 0.3) is 0 Å². The fraction of sp³-hybridized carbons (Fsp3) is 1.00. The Hall–Kier alpha value is -0.140. The van der Waals surface area contributed by atoms with Gasteiger partial charge in [0.05, 0.1) is 7.18 Å². The van der Waals surface area contributed by atoms with Gasteiger partial charge in [-0.3, -0.25) is 4.39 Å². The second-order valence-electron chi connectivity index (χ2n) is 1.73. The lowest BCUT2D eigenvalue weighted by molar-refractivity contribution is 0.454. The number of rotatable bonds is 0. The standard InChI is InChI=1S/C4H7F.C2H6.CH3F/c1-3-2-4(3)5;2*1-2/h3-4H,2H2,1H3;1-2H3;1H3. The molecule has 0 heterocycles. The summed E-state index contributed by atoms with van der Waals surface area (Å²) in [5, 5.41) is 0. The summed E-state index contributed by atoms with van der Waals surface area (Å²) in [5.41, 5.74) is 0. The molecule has 0 aromatic heterocycles. The summed E-state index contributed by atoms with van der Waals surface area (Å²) >= 11 is 0. The van der Waals surface area contributed by atoms with Crippen LogP contribution in [0.15, 0.2) is 0 Å². The Kier molecular flexibility index (Phi) is 10.2. The molecule has 1 aliphatic rings. The molecule has 2 atom stereocenters. The Morgan fingerprint density at radius 2 is 1.33 bits per heavy atom. The molecule has 0 amide bonds. The third kappa shape index (κ3) is 7.86. The zero-order valence-corrected chi connectivity index (χ0v) is 6.62. The highest BCUT2D eigenvalue weighted by atomic mass is 19.1. The van der Waals surface area contributed by atoms with E-state index in [1.807, 2.05) is 20.8 Å². The number of hydrogen-bond donors (Lipinski definition) is 0. The first-order chi connectivity index (χ1) is 4.30. The molecule has 2 heteroatoms. The van der Waals surface area contributed by atoms with Gasteiger partial charge in [0.25, 0.3) is 0 Å². The first kappa shape index (κ1) is 11.6. The third-order valence-corrected chi connectivity index (χ3v) is 1.01. The molecule has 0 N–H and O–H groups in total. The molecule has 0 nitrogen and oxygen atoms in total. The molecular weight excluding hydrogens is 122 g/mol. The maximum atomic E-state index is 11.5. The Labute approximate surface area is 56.3 Å². The highest BCUT2D eigenvalue weighted by Crippen LogP contribution is 2.32. The molecule has 0 aromatic rings. The lowest BCUT2D eigenvalue weighted by Crippen LogP contribution is -1.63. The van der Waals surface area contributed by atoms with Crippen LogP contribution in [0.3, 0.4) is 0 Å². The van der Waals surface area contributed by atoms with Crippen molar-refractivity contribution in [1.82, 2.24) is 0 Å². The summed E-state index contributed by atoms with van der Waals surface area (Å²) in [6, 6.07) is 0. The van der Waals surface area contributed by atoms with E-state index in [0.29, 0.717) is 13.1 Å². The zero-order chi connectivity index (χ0) is 7.86. The molecule has 0 saturated heterocycles. The predicted octanol–water partition coefficient (Wildman–Crippen LogP) is 2.98. The molecule has 58 valence electrons. The maximum Gasteiger partial charge on any atom is 0.103 e. The Morgan fingerprint density at radius 3 is 1.33 bits per heavy atom. The molecule has 0 spiro atoms. The molecule has 0 radical (unpaired) electrons. The summed E-state index contributed by atoms with van der Waals surface area (Å²) in [5.74, 6) is 0.384. The van der Waals surface area contributed by atoms with Crippen LogP contribution < -0.4 is 0 Å². The van der Waals surface area contributed by atoms with Crippen molar-refractivity contribution in [1.29, 1.82) is 0 Å². The predicted molar refractivity (Wildman–Crippen MR) is 37.1 cm³/mol. The smallest absolute Gasteiger partial charge is 0.103 e. The van der Waals surface area contributed by atoms with E-state index in [4.69, 9.17) is 0 Å². The van der Waals surface area contributed by atoms with Gasteiger partial charge in [0, 0.05) is 0 Å². The maximum absolute atomic E-state index is 11.5. The largest absolute Gasteiger partial charge is 0.255 e. The summed E-state index contributed by atoms with van der Waals surface area (Å²) in [6.07, 6.45) is 0.356. The van der Waals surface area contributed by atoms with E-state index in [-0.39, 0.29) is 0 Å². The average molecular weight is 138 g/mol. The van der Waals surface area contributed by atoms with Gasteiger partial charge >= 0.3 is 0 Å². The molecule has 1 saturated carbocycles. The summed E-state index contributed by atoms with van der Waals surface area (Å²) in [7, 11) is 0.500. The van der Waals surface area contributed by atoms with Crippen molar-refractivity contribution in [2.45, 2.75) is 33.4 Å². The van der Waals surface area contributed by atoms with E-state index >= 15 is 0 Å². The van der Waals surface area contributed by atoms with Crippen molar-refractivity contribution in [2.75, 3.05) is 7.18 Å². The molecule has 1 rings (SSSR count). The van der Waals surface area contributed by atoms with Gasteiger partial charge < -0.3 is 0 Å². The van der Waals surface area contributed by atoms with Crippen LogP contribution in [-0.4, -0.2) is 13.3 Å². The minimum absolute atomic E-state index is 0.384. The van der Waals surface area contributed by atoms with Gasteiger partial charge in [-0.1, -0.05) is 20.8 Å². The van der Waals surface area contributed by atoms with Crippen LogP contribution in [0, 0.1) is 5.92 Å². The van der Waals surface area contributed by atoms with Crippen LogP contribution in [0.1, 0.15) is 27.2 Å². The lowest BCUT2D eigenvalue weighted by Gasteiger charge is -1.63. The van der Waals surface area contributed by atoms with Gasteiger partial charge in [-0.05, 0) is 12.3 Å². The topological polar surface area (TPSA) is 0 Å². The molecule has 0 aliphatic heterocycles. The quantitative estimate of drug-likeness (QED) is 0.482. The first-order valence-electron chi connectivity index (χ1n) is 3.32. The van der Waals surface area contributed by atoms with Crippen LogP contribution in [0.2, 0.25) is 0 Å². The van der Waals surface area contributed by atoms with Crippen LogP contribution in [0.5, 0.6) is 0 Å². The minimum Gasteiger partial charge on any atom is -0.255 e. The van der Waals surface area contributed by atoms with Gasteiger partial charge in [-0.15, -0.1) is 0 Å². The van der Waals surface area contributed by atoms with Crippen molar-refractivity contribution in [2.24, 2.45) is 5.92 Å². The number of alkyl halides is 2. The van der Waals surface area contributed by atoms with Gasteiger partial charge in [0.1, 0.15) is 6.17 Å². The molecule has 1 aliphatic carbocycles. The molecule has 2 unspecified atom stereocenters. The lowest BCUT2D eigenvalue weighted by atomic mass is 10.5. The first-order valence-corrected chi connectivity index (χ1v) is 3.32. The van der Waals surface area contributed by atoms with Gasteiger partial charge in [0.15, 0.2) is 0 Å². The van der Waals surface area contributed by atoms with Crippen molar-refractivity contribution in [3.8, 4) is 0 Å². The van der Waals surface area contributed by atoms with E-state index in [1.165, 1.54) is 0 Å². The molecule has 0 aromatic carbocycles. The fourth-order valence-corrected chi connectivity index (χ4v) is 0.277. The van der Waals surface area contributed by atoms with Gasteiger partial charge in [0.2, 0.25) is 0 Å². The summed E-state index contributed by atoms with van der Waals surface area (Å²) in [6.45, 7) is 5.92. The zero-order valence-electron chi connectivity index (χ0n) is 6.62. The average Bonchev–Trinajstić information content (AvgIpc) is 2.56. The second-order valence-corrected chi connectivity index (χ2v) is 1.73. The highest BCUT2D eigenvalue weighted by molar-refractivity contribution is 4.81. The van der Waals surface area contributed by atoms with Crippen molar-refractivity contribution >= 4 is 0 Å². The fourth-order valence-electron chi connectivity index (χ4n) is 0.277. The van der Waals surface area contributed by atoms with E-state index in [1.54, 1.807) is 0 Å². The molecule has 9 heavy (non-hydrogen) atoms. The van der Waals surface area contributed by atoms with Crippen molar-refractivity contribution in [3.63, 3.8) is 0 Å². The number of halogens is 2. The van der Waals surface area contributed by atoms with Crippen LogP contribution in [-0.2, 0) is 0 Å². The molecule has 0 bridgehead atoms. The highest BCUT2D eigenvalue weighted by Gasteiger charge is 2.31. The SMILES string of the molecule is CC.CC1CC1F.CF. The Balaban J connectivity index is 0. The third-order valence-electron chi connectivity index (χ3n) is 1.01. The summed E-state index contributed by atoms with van der Waals surface area (Å²) < 4.78 is 21.0. The number of hydrogen-bond acceptors (Lipinski definition) is 0. The van der Waals surface area contributed by atoms with E-state index in [9.17, 15) is 8.78 Å². The minimum atomic E-state index is -0.449. The van der Waals surface area contributed by atoms with Crippen molar-refractivity contribution < 1.29 is 8.78 Å². The van der Waals surface area contributed by atoms with Gasteiger partial charge in [-0.25, -0.2) is 4.39 Å². The Bertz CT molecular complexity index is 40.2.